The second-order valence-corrected chi connectivity index (χ2v) is 8.19. The number of hydrogen-bond acceptors (Lipinski definition) is 3. The van der Waals surface area contributed by atoms with E-state index in [2.05, 4.69) is 37.4 Å². The third kappa shape index (κ3) is 3.43. The van der Waals surface area contributed by atoms with Crippen molar-refractivity contribution in [2.45, 2.75) is 27.2 Å². The number of carbonyl (C=O) groups excluding carboxylic acids is 1. The van der Waals surface area contributed by atoms with Crippen LogP contribution in [0.5, 0.6) is 0 Å². The van der Waals surface area contributed by atoms with E-state index in [-0.39, 0.29) is 5.91 Å². The Bertz CT molecular complexity index is 1180. The number of thiophene rings is 1. The van der Waals surface area contributed by atoms with Gasteiger partial charge in [0.15, 0.2) is 0 Å². The predicted molar refractivity (Wildman–Crippen MR) is 118 cm³/mol. The highest BCUT2D eigenvalue weighted by Crippen LogP contribution is 2.30. The molecule has 0 aliphatic carbocycles. The van der Waals surface area contributed by atoms with Crippen molar-refractivity contribution in [3.63, 3.8) is 0 Å². The Balaban J connectivity index is 1.82. The van der Waals surface area contributed by atoms with E-state index in [1.54, 1.807) is 11.3 Å². The van der Waals surface area contributed by atoms with Crippen molar-refractivity contribution in [2.75, 3.05) is 5.32 Å². The van der Waals surface area contributed by atoms with Crippen LogP contribution in [-0.2, 0) is 6.42 Å². The normalized spacial score (nSPS) is 11.0. The minimum Gasteiger partial charge on any atom is -0.321 e. The number of rotatable bonds is 4. The molecule has 140 valence electrons. The van der Waals surface area contributed by atoms with Gasteiger partial charge in [0.05, 0.1) is 21.7 Å². The van der Waals surface area contributed by atoms with E-state index < -0.39 is 0 Å². The molecule has 2 aromatic heterocycles. The monoisotopic (exact) mass is 386 g/mol. The van der Waals surface area contributed by atoms with Crippen LogP contribution in [0.25, 0.3) is 21.5 Å². The summed E-state index contributed by atoms with van der Waals surface area (Å²) >= 11 is 1.69. The number of fused-ring (bicyclic) bond motifs is 1. The highest BCUT2D eigenvalue weighted by Gasteiger charge is 2.16. The molecular weight excluding hydrogens is 364 g/mol. The van der Waals surface area contributed by atoms with E-state index in [9.17, 15) is 4.79 Å². The number of hydrogen-bond donors (Lipinski definition) is 1. The molecule has 4 aromatic rings. The van der Waals surface area contributed by atoms with Crippen LogP contribution in [0.2, 0.25) is 0 Å². The SMILES string of the molecule is CCc1cccc(C)c1NC(=O)c1cc(-c2ccc(C)s2)nc2ccccc12. The predicted octanol–water partition coefficient (Wildman–Crippen LogP) is 6.39. The quantitative estimate of drug-likeness (QED) is 0.441. The molecule has 3 nitrogen and oxygen atoms in total. The van der Waals surface area contributed by atoms with Gasteiger partial charge in [-0.1, -0.05) is 43.3 Å². The van der Waals surface area contributed by atoms with Gasteiger partial charge in [0.25, 0.3) is 5.91 Å². The van der Waals surface area contributed by atoms with Crippen molar-refractivity contribution < 1.29 is 4.79 Å². The van der Waals surface area contributed by atoms with E-state index in [1.807, 2.05) is 49.4 Å². The van der Waals surface area contributed by atoms with Crippen molar-refractivity contribution in [1.82, 2.24) is 4.98 Å². The number of pyridine rings is 1. The lowest BCUT2D eigenvalue weighted by atomic mass is 10.0. The first-order valence-electron chi connectivity index (χ1n) is 9.43. The van der Waals surface area contributed by atoms with Crippen molar-refractivity contribution in [2.24, 2.45) is 0 Å². The van der Waals surface area contributed by atoms with Crippen molar-refractivity contribution in [3.05, 3.63) is 82.2 Å². The van der Waals surface area contributed by atoms with E-state index in [4.69, 9.17) is 4.98 Å². The van der Waals surface area contributed by atoms with Gasteiger partial charge in [-0.05, 0) is 55.7 Å². The molecule has 0 saturated heterocycles. The molecule has 0 fully saturated rings. The fourth-order valence-electron chi connectivity index (χ4n) is 3.44. The van der Waals surface area contributed by atoms with Crippen LogP contribution >= 0.6 is 11.3 Å². The molecule has 0 unspecified atom stereocenters. The number of anilines is 1. The van der Waals surface area contributed by atoms with E-state index >= 15 is 0 Å². The Labute approximate surface area is 169 Å². The molecule has 2 aromatic carbocycles. The van der Waals surface area contributed by atoms with Gasteiger partial charge in [0, 0.05) is 16.0 Å². The number of para-hydroxylation sites is 2. The van der Waals surface area contributed by atoms with Crippen LogP contribution in [-0.4, -0.2) is 10.9 Å². The Kier molecular flexibility index (Phi) is 4.97. The lowest BCUT2D eigenvalue weighted by Gasteiger charge is -2.14. The summed E-state index contributed by atoms with van der Waals surface area (Å²) in [5.41, 5.74) is 5.43. The van der Waals surface area contributed by atoms with Crippen LogP contribution in [0.4, 0.5) is 5.69 Å². The van der Waals surface area contributed by atoms with Gasteiger partial charge in [-0.3, -0.25) is 4.79 Å². The lowest BCUT2D eigenvalue weighted by molar-refractivity contribution is 0.102. The van der Waals surface area contributed by atoms with Crippen LogP contribution < -0.4 is 5.32 Å². The summed E-state index contributed by atoms with van der Waals surface area (Å²) in [7, 11) is 0. The summed E-state index contributed by atoms with van der Waals surface area (Å²) in [5, 5.41) is 4.02. The molecule has 0 spiro atoms. The van der Waals surface area contributed by atoms with Crippen LogP contribution in [0.1, 0.15) is 33.3 Å². The zero-order valence-electron chi connectivity index (χ0n) is 16.2. The molecule has 4 rings (SSSR count). The molecule has 1 amide bonds. The highest BCUT2D eigenvalue weighted by atomic mass is 32.1. The van der Waals surface area contributed by atoms with E-state index in [0.717, 1.165) is 44.7 Å². The minimum absolute atomic E-state index is 0.0999. The number of benzene rings is 2. The second kappa shape index (κ2) is 7.56. The average molecular weight is 387 g/mol. The first-order chi connectivity index (χ1) is 13.6. The molecule has 28 heavy (non-hydrogen) atoms. The molecule has 0 radical (unpaired) electrons. The maximum absolute atomic E-state index is 13.3. The Morgan fingerprint density at radius 3 is 2.61 bits per heavy atom. The maximum atomic E-state index is 13.3. The fourth-order valence-corrected chi connectivity index (χ4v) is 4.27. The highest BCUT2D eigenvalue weighted by molar-refractivity contribution is 7.15. The van der Waals surface area contributed by atoms with Gasteiger partial charge in [-0.15, -0.1) is 11.3 Å². The molecule has 0 atom stereocenters. The van der Waals surface area contributed by atoms with E-state index in [0.29, 0.717) is 5.56 Å². The fraction of sp³-hybridized carbons (Fsp3) is 0.167. The summed E-state index contributed by atoms with van der Waals surface area (Å²) in [6.45, 7) is 6.20. The number of carbonyl (C=O) groups is 1. The molecule has 2 heterocycles. The standard InChI is InChI=1S/C24H22N2OS/c1-4-17-9-7-8-15(2)23(17)26-24(27)19-14-21(22-13-12-16(3)28-22)25-20-11-6-5-10-18(19)20/h5-14H,4H2,1-3H3,(H,26,27). The third-order valence-corrected chi connectivity index (χ3v) is 5.96. The smallest absolute Gasteiger partial charge is 0.256 e. The molecule has 1 N–H and O–H groups in total. The summed E-state index contributed by atoms with van der Waals surface area (Å²) in [6, 6.07) is 20.0. The number of aromatic nitrogens is 1. The second-order valence-electron chi connectivity index (χ2n) is 6.90. The van der Waals surface area contributed by atoms with Crippen molar-refractivity contribution in [1.29, 1.82) is 0 Å². The van der Waals surface area contributed by atoms with E-state index in [1.165, 1.54) is 4.88 Å². The molecule has 0 saturated carbocycles. The Hall–Kier alpha value is -2.98. The van der Waals surface area contributed by atoms with Gasteiger partial charge in [0.2, 0.25) is 0 Å². The molecule has 4 heteroatoms. The number of aryl methyl sites for hydroxylation is 3. The molecule has 0 aliphatic rings. The topological polar surface area (TPSA) is 42.0 Å². The van der Waals surface area contributed by atoms with Gasteiger partial charge in [-0.25, -0.2) is 4.98 Å². The zero-order valence-corrected chi connectivity index (χ0v) is 17.1. The molecule has 0 aliphatic heterocycles. The van der Waals surface area contributed by atoms with Crippen molar-refractivity contribution in [3.8, 4) is 10.6 Å². The van der Waals surface area contributed by atoms with Crippen LogP contribution in [0.15, 0.2) is 60.7 Å². The summed E-state index contributed by atoms with van der Waals surface area (Å²) in [5.74, 6) is -0.0999. The van der Waals surface area contributed by atoms with Gasteiger partial charge in [-0.2, -0.15) is 0 Å². The summed E-state index contributed by atoms with van der Waals surface area (Å²) in [4.78, 5) is 20.4. The summed E-state index contributed by atoms with van der Waals surface area (Å²) < 4.78 is 0. The lowest BCUT2D eigenvalue weighted by Crippen LogP contribution is -2.15. The number of amides is 1. The van der Waals surface area contributed by atoms with Crippen LogP contribution in [0, 0.1) is 13.8 Å². The van der Waals surface area contributed by atoms with Gasteiger partial charge in [0.1, 0.15) is 0 Å². The minimum atomic E-state index is -0.0999. The van der Waals surface area contributed by atoms with Gasteiger partial charge >= 0.3 is 0 Å². The molecular formula is C24H22N2OS. The average Bonchev–Trinajstić information content (AvgIpc) is 3.15. The van der Waals surface area contributed by atoms with Gasteiger partial charge < -0.3 is 5.32 Å². The van der Waals surface area contributed by atoms with Crippen molar-refractivity contribution >= 4 is 33.8 Å². The number of nitrogens with zero attached hydrogens (tertiary/aromatic N) is 1. The first-order valence-corrected chi connectivity index (χ1v) is 10.2. The third-order valence-electron chi connectivity index (χ3n) is 4.93. The zero-order chi connectivity index (χ0) is 19.7. The summed E-state index contributed by atoms with van der Waals surface area (Å²) in [6.07, 6.45) is 0.869. The maximum Gasteiger partial charge on any atom is 0.256 e. The Morgan fingerprint density at radius 1 is 1.04 bits per heavy atom. The molecule has 0 bridgehead atoms. The first kappa shape index (κ1) is 18.4. The largest absolute Gasteiger partial charge is 0.321 e. The van der Waals surface area contributed by atoms with Crippen LogP contribution in [0.3, 0.4) is 0 Å². The number of nitrogens with one attached hydrogen (secondary N) is 1. The Morgan fingerprint density at radius 2 is 1.86 bits per heavy atom.